The Bertz CT molecular complexity index is 577. The van der Waals surface area contributed by atoms with Crippen molar-refractivity contribution in [1.82, 2.24) is 4.98 Å². The number of oxazole rings is 1. The van der Waals surface area contributed by atoms with Crippen LogP contribution >= 0.6 is 0 Å². The van der Waals surface area contributed by atoms with Gasteiger partial charge in [0.05, 0.1) is 12.2 Å². The number of esters is 1. The smallest absolute Gasteiger partial charge is 0.360 e. The molecule has 0 aliphatic rings. The molecule has 1 heterocycles. The summed E-state index contributed by atoms with van der Waals surface area (Å²) < 4.78 is 23.9. The van der Waals surface area contributed by atoms with E-state index in [1.807, 2.05) is 0 Å². The maximum Gasteiger partial charge on any atom is 0.360 e. The van der Waals surface area contributed by atoms with E-state index in [0.29, 0.717) is 5.56 Å². The van der Waals surface area contributed by atoms with E-state index in [1.165, 1.54) is 6.07 Å². The molecule has 4 nitrogen and oxygen atoms in total. The van der Waals surface area contributed by atoms with Crippen molar-refractivity contribution in [3.05, 3.63) is 41.7 Å². The van der Waals surface area contributed by atoms with Crippen molar-refractivity contribution in [2.24, 2.45) is 0 Å². The largest absolute Gasteiger partial charge is 0.461 e. The molecule has 94 valence electrons. The van der Waals surface area contributed by atoms with Crippen molar-refractivity contribution >= 4 is 5.97 Å². The Hall–Kier alpha value is -2.17. The van der Waals surface area contributed by atoms with E-state index < -0.39 is 11.8 Å². The van der Waals surface area contributed by atoms with Gasteiger partial charge in [0, 0.05) is 0 Å². The van der Waals surface area contributed by atoms with Crippen LogP contribution in [0.2, 0.25) is 0 Å². The molecule has 1 aromatic heterocycles. The van der Waals surface area contributed by atoms with Gasteiger partial charge in [0.25, 0.3) is 0 Å². The van der Waals surface area contributed by atoms with Crippen LogP contribution in [0.25, 0.3) is 11.3 Å². The second-order valence-corrected chi connectivity index (χ2v) is 3.69. The maximum absolute atomic E-state index is 14.0. The summed E-state index contributed by atoms with van der Waals surface area (Å²) in [5, 5.41) is 0. The van der Waals surface area contributed by atoms with Crippen LogP contribution in [0.1, 0.15) is 23.0 Å². The third kappa shape index (κ3) is 2.11. The number of halogens is 1. The Balaban J connectivity index is 2.49. The number of carbonyl (C=O) groups excluding carboxylic acids is 1. The third-order valence-electron chi connectivity index (χ3n) is 2.47. The Morgan fingerprint density at radius 2 is 2.28 bits per heavy atom. The second-order valence-electron chi connectivity index (χ2n) is 3.69. The van der Waals surface area contributed by atoms with Crippen LogP contribution in [0, 0.1) is 12.7 Å². The molecule has 0 spiro atoms. The normalized spacial score (nSPS) is 10.4. The minimum Gasteiger partial charge on any atom is -0.461 e. The third-order valence-corrected chi connectivity index (χ3v) is 2.47. The monoisotopic (exact) mass is 249 g/mol. The number of hydrogen-bond acceptors (Lipinski definition) is 4. The standard InChI is InChI=1S/C13H12FNO3/c1-3-17-13(16)11-12(18-7-15-11)9-6-4-5-8(2)10(9)14/h4-7H,3H2,1-2H3. The lowest BCUT2D eigenvalue weighted by Gasteiger charge is -2.04. The van der Waals surface area contributed by atoms with Gasteiger partial charge in [0.1, 0.15) is 5.82 Å². The SMILES string of the molecule is CCOC(=O)c1ncoc1-c1cccc(C)c1F. The zero-order valence-electron chi connectivity index (χ0n) is 10.1. The molecule has 0 saturated carbocycles. The quantitative estimate of drug-likeness (QED) is 0.785. The number of nitrogens with zero attached hydrogens (tertiary/aromatic N) is 1. The molecule has 0 N–H and O–H groups in total. The number of aryl methyl sites for hydroxylation is 1. The summed E-state index contributed by atoms with van der Waals surface area (Å²) in [7, 11) is 0. The molecule has 18 heavy (non-hydrogen) atoms. The van der Waals surface area contributed by atoms with E-state index in [2.05, 4.69) is 4.98 Å². The molecule has 0 saturated heterocycles. The lowest BCUT2D eigenvalue weighted by molar-refractivity contribution is 0.0520. The fourth-order valence-corrected chi connectivity index (χ4v) is 1.60. The van der Waals surface area contributed by atoms with E-state index in [1.54, 1.807) is 26.0 Å². The number of ether oxygens (including phenoxy) is 1. The van der Waals surface area contributed by atoms with E-state index in [0.717, 1.165) is 6.39 Å². The molecule has 5 heteroatoms. The predicted octanol–water partition coefficient (Wildman–Crippen LogP) is 2.97. The first-order chi connectivity index (χ1) is 8.65. The maximum atomic E-state index is 14.0. The van der Waals surface area contributed by atoms with Gasteiger partial charge in [0.15, 0.2) is 17.8 Å². The van der Waals surface area contributed by atoms with Gasteiger partial charge in [-0.25, -0.2) is 14.2 Å². The summed E-state index contributed by atoms with van der Waals surface area (Å²) in [4.78, 5) is 15.4. The molecule has 2 aromatic rings. The van der Waals surface area contributed by atoms with E-state index >= 15 is 0 Å². The van der Waals surface area contributed by atoms with Crippen molar-refractivity contribution in [1.29, 1.82) is 0 Å². The van der Waals surface area contributed by atoms with E-state index in [4.69, 9.17) is 9.15 Å². The van der Waals surface area contributed by atoms with Gasteiger partial charge >= 0.3 is 5.97 Å². The summed E-state index contributed by atoms with van der Waals surface area (Å²) in [5.41, 5.74) is 0.663. The Kier molecular flexibility index (Phi) is 3.41. The zero-order chi connectivity index (χ0) is 13.1. The molecule has 0 fully saturated rings. The van der Waals surface area contributed by atoms with Gasteiger partial charge in [-0.2, -0.15) is 0 Å². The molecule has 2 rings (SSSR count). The van der Waals surface area contributed by atoms with Crippen molar-refractivity contribution in [3.8, 4) is 11.3 Å². The summed E-state index contributed by atoms with van der Waals surface area (Å²) >= 11 is 0. The molecule has 0 radical (unpaired) electrons. The molecular weight excluding hydrogens is 237 g/mol. The summed E-state index contributed by atoms with van der Waals surface area (Å²) in [6.07, 6.45) is 1.10. The fourth-order valence-electron chi connectivity index (χ4n) is 1.60. The Labute approximate surface area is 103 Å². The van der Waals surface area contributed by atoms with Crippen LogP contribution in [-0.2, 0) is 4.74 Å². The Morgan fingerprint density at radius 3 is 3.00 bits per heavy atom. The Morgan fingerprint density at radius 1 is 1.50 bits per heavy atom. The minimum absolute atomic E-state index is 0.0126. The molecule has 0 amide bonds. The number of benzene rings is 1. The summed E-state index contributed by atoms with van der Waals surface area (Å²) in [6, 6.07) is 4.86. The summed E-state index contributed by atoms with van der Waals surface area (Å²) in [6.45, 7) is 3.55. The van der Waals surface area contributed by atoms with E-state index in [-0.39, 0.29) is 23.6 Å². The fraction of sp³-hybridized carbons (Fsp3) is 0.231. The van der Waals surface area contributed by atoms with Gasteiger partial charge in [-0.15, -0.1) is 0 Å². The zero-order valence-corrected chi connectivity index (χ0v) is 10.1. The van der Waals surface area contributed by atoms with Gasteiger partial charge in [-0.1, -0.05) is 12.1 Å². The molecule has 0 aliphatic heterocycles. The lowest BCUT2D eigenvalue weighted by Crippen LogP contribution is -2.06. The first-order valence-electron chi connectivity index (χ1n) is 5.51. The van der Waals surface area contributed by atoms with Crippen LogP contribution in [0.3, 0.4) is 0 Å². The van der Waals surface area contributed by atoms with Crippen molar-refractivity contribution < 1.29 is 18.3 Å². The molecule has 0 aliphatic carbocycles. The van der Waals surface area contributed by atoms with Crippen molar-refractivity contribution in [2.45, 2.75) is 13.8 Å². The average molecular weight is 249 g/mol. The van der Waals surface area contributed by atoms with Crippen LogP contribution in [-0.4, -0.2) is 17.6 Å². The molecule has 1 aromatic carbocycles. The van der Waals surface area contributed by atoms with Gasteiger partial charge in [-0.05, 0) is 25.5 Å². The second kappa shape index (κ2) is 5.00. The van der Waals surface area contributed by atoms with Crippen LogP contribution in [0.4, 0.5) is 4.39 Å². The first-order valence-corrected chi connectivity index (χ1v) is 5.51. The van der Waals surface area contributed by atoms with Gasteiger partial charge in [-0.3, -0.25) is 0 Å². The van der Waals surface area contributed by atoms with Crippen LogP contribution in [0.5, 0.6) is 0 Å². The highest BCUT2D eigenvalue weighted by molar-refractivity contribution is 5.93. The minimum atomic E-state index is -0.623. The highest BCUT2D eigenvalue weighted by Crippen LogP contribution is 2.27. The average Bonchev–Trinajstić information content (AvgIpc) is 2.82. The number of carbonyl (C=O) groups is 1. The number of aromatic nitrogens is 1. The number of hydrogen-bond donors (Lipinski definition) is 0. The highest BCUT2D eigenvalue weighted by Gasteiger charge is 2.22. The van der Waals surface area contributed by atoms with Crippen LogP contribution in [0.15, 0.2) is 29.0 Å². The molecule has 0 bridgehead atoms. The highest BCUT2D eigenvalue weighted by atomic mass is 19.1. The van der Waals surface area contributed by atoms with Crippen LogP contribution < -0.4 is 0 Å². The van der Waals surface area contributed by atoms with Gasteiger partial charge < -0.3 is 9.15 Å². The predicted molar refractivity (Wildman–Crippen MR) is 62.6 cm³/mol. The van der Waals surface area contributed by atoms with Crippen molar-refractivity contribution in [2.75, 3.05) is 6.61 Å². The van der Waals surface area contributed by atoms with E-state index in [9.17, 15) is 9.18 Å². The number of rotatable bonds is 3. The first kappa shape index (κ1) is 12.3. The summed E-state index contributed by atoms with van der Waals surface area (Å²) in [5.74, 6) is -0.961. The molecule has 0 atom stereocenters. The molecular formula is C13H12FNO3. The lowest BCUT2D eigenvalue weighted by atomic mass is 10.1. The van der Waals surface area contributed by atoms with Crippen molar-refractivity contribution in [3.63, 3.8) is 0 Å². The topological polar surface area (TPSA) is 52.3 Å². The van der Waals surface area contributed by atoms with Gasteiger partial charge in [0.2, 0.25) is 0 Å². The molecule has 0 unspecified atom stereocenters.